The van der Waals surface area contributed by atoms with E-state index in [2.05, 4.69) is 0 Å². The summed E-state index contributed by atoms with van der Waals surface area (Å²) in [5.41, 5.74) is 0.0804. The first kappa shape index (κ1) is 21.8. The molecule has 0 unspecified atom stereocenters. The number of cyclic esters (lactones) is 1. The van der Waals surface area contributed by atoms with Crippen LogP contribution in [0, 0.1) is 0 Å². The summed E-state index contributed by atoms with van der Waals surface area (Å²) in [5.74, 6) is -1.17. The molecule has 0 radical (unpaired) electrons. The quantitative estimate of drug-likeness (QED) is 0.433. The molecule has 8 nitrogen and oxygen atoms in total. The van der Waals surface area contributed by atoms with E-state index in [0.29, 0.717) is 25.5 Å². The molecule has 9 heteroatoms. The van der Waals surface area contributed by atoms with Crippen LogP contribution in [0.2, 0.25) is 0 Å². The van der Waals surface area contributed by atoms with Crippen molar-refractivity contribution >= 4 is 33.3 Å². The van der Waals surface area contributed by atoms with Crippen LogP contribution in [0.25, 0.3) is 6.08 Å². The molecule has 0 saturated heterocycles. The van der Waals surface area contributed by atoms with Gasteiger partial charge in [-0.2, -0.15) is 0 Å². The molecule has 0 bridgehead atoms. The average molecular weight is 411 g/mol. The highest BCUT2D eigenvalue weighted by Gasteiger charge is 2.25. The Balaban J connectivity index is 2.46. The fraction of sp³-hybridized carbons (Fsp3) is 0.368. The fourth-order valence-electron chi connectivity index (χ4n) is 2.72. The van der Waals surface area contributed by atoms with Crippen LogP contribution in [0.5, 0.6) is 5.75 Å². The lowest BCUT2D eigenvalue weighted by Crippen LogP contribution is -2.38. The molecule has 1 aliphatic heterocycles. The number of ether oxygens (including phenoxy) is 1. The number of allylic oxidation sites excluding steroid dienone is 2. The zero-order valence-corrected chi connectivity index (χ0v) is 16.6. The van der Waals surface area contributed by atoms with Crippen LogP contribution in [0.1, 0.15) is 48.5 Å². The molecule has 28 heavy (non-hydrogen) atoms. The number of aromatic hydroxyl groups is 1. The van der Waals surface area contributed by atoms with Gasteiger partial charge < -0.3 is 9.84 Å². The SMILES string of the molecule is C[C@H]1C=CCC(=O)CCCC=Cc2cc(NS(C)(=O)(O)O)cc(O)c2C(=O)O1. The maximum Gasteiger partial charge on any atom is 0.343 e. The van der Waals surface area contributed by atoms with Gasteiger partial charge in [0.15, 0.2) is 9.81 Å². The summed E-state index contributed by atoms with van der Waals surface area (Å²) in [4.78, 5) is 24.3. The first-order valence-electron chi connectivity index (χ1n) is 8.76. The Hall–Kier alpha value is -2.49. The van der Waals surface area contributed by atoms with Gasteiger partial charge in [0, 0.05) is 18.9 Å². The number of rotatable bonds is 2. The molecule has 0 amide bonds. The zero-order chi connectivity index (χ0) is 21.0. The maximum atomic E-state index is 12.5. The van der Waals surface area contributed by atoms with E-state index in [1.807, 2.05) is 4.72 Å². The Morgan fingerprint density at radius 1 is 1.21 bits per heavy atom. The number of carbonyl (C=O) groups excluding carboxylic acids is 2. The van der Waals surface area contributed by atoms with E-state index in [-0.39, 0.29) is 29.0 Å². The summed E-state index contributed by atoms with van der Waals surface area (Å²) in [6.45, 7) is 1.63. The van der Waals surface area contributed by atoms with Gasteiger partial charge in [0.05, 0.1) is 11.9 Å². The summed E-state index contributed by atoms with van der Waals surface area (Å²) < 4.78 is 38.1. The third-order valence-electron chi connectivity index (χ3n) is 3.87. The van der Waals surface area contributed by atoms with Crippen molar-refractivity contribution in [2.24, 2.45) is 0 Å². The Bertz CT molecular complexity index is 887. The number of esters is 1. The van der Waals surface area contributed by atoms with Crippen molar-refractivity contribution in [2.75, 3.05) is 11.0 Å². The molecule has 0 spiro atoms. The average Bonchev–Trinajstić information content (AvgIpc) is 2.50. The predicted molar refractivity (Wildman–Crippen MR) is 108 cm³/mol. The smallest absolute Gasteiger partial charge is 0.343 e. The lowest BCUT2D eigenvalue weighted by molar-refractivity contribution is -0.118. The predicted octanol–water partition coefficient (Wildman–Crippen LogP) is 3.37. The molecule has 1 heterocycles. The van der Waals surface area contributed by atoms with Gasteiger partial charge in [0.1, 0.15) is 23.2 Å². The molecule has 0 fully saturated rings. The van der Waals surface area contributed by atoms with Gasteiger partial charge in [0.25, 0.3) is 0 Å². The first-order chi connectivity index (χ1) is 12.9. The van der Waals surface area contributed by atoms with Crippen LogP contribution < -0.4 is 4.72 Å². The normalized spacial score (nSPS) is 20.4. The number of phenols is 1. The second-order valence-electron chi connectivity index (χ2n) is 6.87. The second-order valence-corrected chi connectivity index (χ2v) is 9.54. The van der Waals surface area contributed by atoms with Gasteiger partial charge in [-0.05, 0) is 37.5 Å². The number of ketones is 1. The molecular weight excluding hydrogens is 386 g/mol. The largest absolute Gasteiger partial charge is 0.507 e. The highest BCUT2D eigenvalue weighted by atomic mass is 32.3. The highest BCUT2D eigenvalue weighted by Crippen LogP contribution is 2.31. The summed E-state index contributed by atoms with van der Waals surface area (Å²) in [6.07, 6.45) is 8.48. The minimum atomic E-state index is -5.08. The van der Waals surface area contributed by atoms with Crippen molar-refractivity contribution in [2.45, 2.75) is 38.7 Å². The van der Waals surface area contributed by atoms with Gasteiger partial charge >= 0.3 is 5.97 Å². The van der Waals surface area contributed by atoms with Crippen molar-refractivity contribution < 1.29 is 32.7 Å². The van der Waals surface area contributed by atoms with Gasteiger partial charge in [-0.15, -0.1) is 0 Å². The van der Waals surface area contributed by atoms with E-state index in [9.17, 15) is 28.0 Å². The topological polar surface area (TPSA) is 133 Å². The van der Waals surface area contributed by atoms with Crippen LogP contribution in [-0.2, 0) is 19.3 Å². The Labute approximate surface area is 163 Å². The summed E-state index contributed by atoms with van der Waals surface area (Å²) in [6, 6.07) is 2.40. The molecule has 0 saturated carbocycles. The Morgan fingerprint density at radius 2 is 1.93 bits per heavy atom. The standard InChI is InChI=1S/C19H25NO7S/c1-13-7-6-10-16(21)9-5-3-4-8-14-11-15(20-28(2,24,25)26)12-17(22)18(14)19(23)27-13/h4,6-8,11-13,22H,3,5,9-10H2,1-2H3,(H3,20,24,25,26)/t13-/m0/s1. The molecule has 0 aromatic heterocycles. The van der Waals surface area contributed by atoms with Gasteiger partial charge in [-0.3, -0.25) is 18.6 Å². The Kier molecular flexibility index (Phi) is 6.43. The summed E-state index contributed by atoms with van der Waals surface area (Å²) in [7, 11) is -5.08. The van der Waals surface area contributed by atoms with Crippen LogP contribution in [0.4, 0.5) is 5.69 Å². The first-order valence-corrected chi connectivity index (χ1v) is 11.0. The molecule has 1 aliphatic rings. The van der Waals surface area contributed by atoms with Crippen LogP contribution in [0.3, 0.4) is 0 Å². The summed E-state index contributed by atoms with van der Waals surface area (Å²) >= 11 is 0. The van der Waals surface area contributed by atoms with E-state index >= 15 is 0 Å². The third kappa shape index (κ3) is 6.91. The second kappa shape index (κ2) is 8.26. The van der Waals surface area contributed by atoms with Crippen LogP contribution in [-0.4, -0.2) is 42.5 Å². The number of hydrogen-bond donors (Lipinski definition) is 4. The molecule has 1 atom stereocenters. The number of anilines is 1. The lowest BCUT2D eigenvalue weighted by atomic mass is 10.0. The molecule has 0 aliphatic carbocycles. The monoisotopic (exact) mass is 411 g/mol. The number of fused-ring (bicyclic) bond motifs is 1. The van der Waals surface area contributed by atoms with Crippen molar-refractivity contribution in [1.82, 2.24) is 0 Å². The minimum absolute atomic E-state index is 0.0533. The minimum Gasteiger partial charge on any atom is -0.507 e. The summed E-state index contributed by atoms with van der Waals surface area (Å²) in [5, 5.41) is 10.3. The van der Waals surface area contributed by atoms with E-state index in [0.717, 1.165) is 6.07 Å². The lowest BCUT2D eigenvalue weighted by Gasteiger charge is -2.28. The maximum absolute atomic E-state index is 12.5. The third-order valence-corrected chi connectivity index (χ3v) is 4.58. The zero-order valence-electron chi connectivity index (χ0n) is 15.8. The van der Waals surface area contributed by atoms with Crippen molar-refractivity contribution in [1.29, 1.82) is 0 Å². The number of hydrogen-bond acceptors (Lipinski definition) is 5. The molecule has 154 valence electrons. The number of phenolic OH excluding ortho intramolecular Hbond substituents is 1. The van der Waals surface area contributed by atoms with Crippen LogP contribution in [0.15, 0.2) is 30.4 Å². The molecule has 1 aromatic rings. The molecule has 4 N–H and O–H groups in total. The van der Waals surface area contributed by atoms with Gasteiger partial charge in [-0.1, -0.05) is 18.2 Å². The molecule has 2 rings (SSSR count). The van der Waals surface area contributed by atoms with Crippen LogP contribution >= 0.6 is 0 Å². The number of nitrogens with one attached hydrogen (secondary N) is 1. The van der Waals surface area contributed by atoms with E-state index in [1.54, 1.807) is 31.2 Å². The van der Waals surface area contributed by atoms with E-state index in [4.69, 9.17) is 4.74 Å². The van der Waals surface area contributed by atoms with Crippen molar-refractivity contribution in [3.63, 3.8) is 0 Å². The van der Waals surface area contributed by atoms with Crippen molar-refractivity contribution in [3.05, 3.63) is 41.5 Å². The van der Waals surface area contributed by atoms with Gasteiger partial charge in [0.2, 0.25) is 0 Å². The molecule has 1 aromatic carbocycles. The van der Waals surface area contributed by atoms with Gasteiger partial charge in [-0.25, -0.2) is 9.00 Å². The van der Waals surface area contributed by atoms with Crippen molar-refractivity contribution in [3.8, 4) is 5.75 Å². The van der Waals surface area contributed by atoms with E-state index < -0.39 is 27.6 Å². The number of carbonyl (C=O) groups is 2. The Morgan fingerprint density at radius 3 is 2.61 bits per heavy atom. The number of benzene rings is 1. The van der Waals surface area contributed by atoms with E-state index in [1.165, 1.54) is 6.07 Å². The highest BCUT2D eigenvalue weighted by molar-refractivity contribution is 8.10. The molecular formula is C19H25NO7S. The fourth-order valence-corrected chi connectivity index (χ4v) is 3.38. The number of Topliss-reactive ketones (excluding diaryl/α,β-unsaturated/α-hetero) is 1.